The molecule has 3 nitrogen and oxygen atoms in total. The zero-order valence-electron chi connectivity index (χ0n) is 8.21. The Morgan fingerprint density at radius 3 is 3.07 bits per heavy atom. The molecule has 1 aromatic rings. The van der Waals surface area contributed by atoms with Gasteiger partial charge in [-0.1, -0.05) is 24.3 Å². The van der Waals surface area contributed by atoms with Crippen molar-refractivity contribution >= 4 is 5.91 Å². The molecule has 0 bridgehead atoms. The minimum Gasteiger partial charge on any atom is -0.358 e. The number of fused-ring (bicyclic) bond motifs is 1. The van der Waals surface area contributed by atoms with Crippen molar-refractivity contribution in [1.82, 2.24) is 10.6 Å². The Bertz CT molecular complexity index is 349. The monoisotopic (exact) mass is 190 g/mol. The van der Waals surface area contributed by atoms with Crippen LogP contribution in [0.1, 0.15) is 17.2 Å². The molecule has 2 N–H and O–H groups in total. The fraction of sp³-hybridized carbons (Fsp3) is 0.364. The van der Waals surface area contributed by atoms with E-state index in [-0.39, 0.29) is 11.9 Å². The number of carbonyl (C=O) groups excluding carboxylic acids is 1. The maximum atomic E-state index is 11.6. The van der Waals surface area contributed by atoms with Gasteiger partial charge in [0.15, 0.2) is 0 Å². The van der Waals surface area contributed by atoms with E-state index in [4.69, 9.17) is 0 Å². The van der Waals surface area contributed by atoms with Crippen molar-refractivity contribution in [1.29, 1.82) is 0 Å². The van der Waals surface area contributed by atoms with E-state index < -0.39 is 0 Å². The molecule has 74 valence electrons. The van der Waals surface area contributed by atoms with Crippen molar-refractivity contribution in [3.8, 4) is 0 Å². The van der Waals surface area contributed by atoms with Gasteiger partial charge in [0.05, 0.1) is 0 Å². The van der Waals surface area contributed by atoms with Crippen molar-refractivity contribution < 1.29 is 4.79 Å². The SMILES string of the molecule is CNC(=O)C1NCCc2ccccc21. The van der Waals surface area contributed by atoms with Crippen molar-refractivity contribution in [3.05, 3.63) is 35.4 Å². The molecule has 1 heterocycles. The number of carbonyl (C=O) groups is 1. The molecule has 0 aromatic heterocycles. The summed E-state index contributed by atoms with van der Waals surface area (Å²) in [5.41, 5.74) is 2.39. The molecule has 0 spiro atoms. The third-order valence-corrected chi connectivity index (χ3v) is 2.62. The fourth-order valence-electron chi connectivity index (χ4n) is 1.88. The molecule has 1 amide bonds. The van der Waals surface area contributed by atoms with Gasteiger partial charge >= 0.3 is 0 Å². The number of hydrogen-bond donors (Lipinski definition) is 2. The van der Waals surface area contributed by atoms with E-state index in [0.717, 1.165) is 18.5 Å². The van der Waals surface area contributed by atoms with Crippen LogP contribution in [0.5, 0.6) is 0 Å². The second-order valence-corrected chi connectivity index (χ2v) is 3.45. The van der Waals surface area contributed by atoms with Gasteiger partial charge in [0.2, 0.25) is 5.91 Å². The van der Waals surface area contributed by atoms with Crippen LogP contribution in [0.3, 0.4) is 0 Å². The van der Waals surface area contributed by atoms with E-state index in [0.29, 0.717) is 0 Å². The first kappa shape index (κ1) is 9.21. The topological polar surface area (TPSA) is 41.1 Å². The Labute approximate surface area is 83.5 Å². The molecular formula is C11H14N2O. The largest absolute Gasteiger partial charge is 0.358 e. The Balaban J connectivity index is 2.35. The number of rotatable bonds is 1. The van der Waals surface area contributed by atoms with Gasteiger partial charge in [0.1, 0.15) is 6.04 Å². The van der Waals surface area contributed by atoms with Crippen LogP contribution in [0, 0.1) is 0 Å². The van der Waals surface area contributed by atoms with Gasteiger partial charge in [0.25, 0.3) is 0 Å². The molecule has 3 heteroatoms. The van der Waals surface area contributed by atoms with E-state index in [1.807, 2.05) is 18.2 Å². The Morgan fingerprint density at radius 2 is 2.29 bits per heavy atom. The fourth-order valence-corrected chi connectivity index (χ4v) is 1.88. The molecule has 0 saturated carbocycles. The molecule has 0 aliphatic carbocycles. The Hall–Kier alpha value is -1.35. The van der Waals surface area contributed by atoms with Crippen LogP contribution < -0.4 is 10.6 Å². The summed E-state index contributed by atoms with van der Waals surface area (Å²) in [6.45, 7) is 0.870. The molecule has 14 heavy (non-hydrogen) atoms. The molecule has 1 aliphatic heterocycles. The summed E-state index contributed by atoms with van der Waals surface area (Å²) in [7, 11) is 1.67. The zero-order valence-corrected chi connectivity index (χ0v) is 8.21. The summed E-state index contributed by atoms with van der Waals surface area (Å²) in [6.07, 6.45) is 1.00. The average Bonchev–Trinajstić information content (AvgIpc) is 2.27. The molecule has 1 atom stereocenters. The lowest BCUT2D eigenvalue weighted by Gasteiger charge is -2.25. The molecule has 0 radical (unpaired) electrons. The van der Waals surface area contributed by atoms with E-state index in [1.54, 1.807) is 7.05 Å². The van der Waals surface area contributed by atoms with Gasteiger partial charge in [0, 0.05) is 13.6 Å². The van der Waals surface area contributed by atoms with Crippen molar-refractivity contribution in [2.75, 3.05) is 13.6 Å². The second-order valence-electron chi connectivity index (χ2n) is 3.45. The zero-order chi connectivity index (χ0) is 9.97. The van der Waals surface area contributed by atoms with Gasteiger partial charge in [-0.05, 0) is 17.5 Å². The van der Waals surface area contributed by atoms with Crippen molar-refractivity contribution in [2.45, 2.75) is 12.5 Å². The predicted molar refractivity (Wildman–Crippen MR) is 55.0 cm³/mol. The van der Waals surface area contributed by atoms with E-state index in [2.05, 4.69) is 16.7 Å². The maximum absolute atomic E-state index is 11.6. The lowest BCUT2D eigenvalue weighted by molar-refractivity contribution is -0.122. The van der Waals surface area contributed by atoms with E-state index >= 15 is 0 Å². The highest BCUT2D eigenvalue weighted by Crippen LogP contribution is 2.22. The van der Waals surface area contributed by atoms with E-state index in [9.17, 15) is 4.79 Å². The number of benzene rings is 1. The van der Waals surface area contributed by atoms with E-state index in [1.165, 1.54) is 5.56 Å². The average molecular weight is 190 g/mol. The molecule has 1 aliphatic rings. The quantitative estimate of drug-likeness (QED) is 0.681. The first-order valence-corrected chi connectivity index (χ1v) is 4.85. The summed E-state index contributed by atoms with van der Waals surface area (Å²) >= 11 is 0. The van der Waals surface area contributed by atoms with Crippen LogP contribution in [0.4, 0.5) is 0 Å². The lowest BCUT2D eigenvalue weighted by atomic mass is 9.94. The smallest absolute Gasteiger partial charge is 0.241 e. The van der Waals surface area contributed by atoms with Gasteiger partial charge in [-0.25, -0.2) is 0 Å². The molecule has 1 aromatic carbocycles. The summed E-state index contributed by atoms with van der Waals surface area (Å²) < 4.78 is 0. The summed E-state index contributed by atoms with van der Waals surface area (Å²) in [5, 5.41) is 5.89. The Kier molecular flexibility index (Phi) is 2.50. The van der Waals surface area contributed by atoms with Gasteiger partial charge in [-0.15, -0.1) is 0 Å². The summed E-state index contributed by atoms with van der Waals surface area (Å²) in [5.74, 6) is 0.0390. The van der Waals surface area contributed by atoms with Gasteiger partial charge in [-0.3, -0.25) is 4.79 Å². The standard InChI is InChI=1S/C11H14N2O/c1-12-11(14)10-9-5-3-2-4-8(9)6-7-13-10/h2-5,10,13H,6-7H2,1H3,(H,12,14). The molecular weight excluding hydrogens is 176 g/mol. The summed E-state index contributed by atoms with van der Waals surface area (Å²) in [4.78, 5) is 11.6. The van der Waals surface area contributed by atoms with Crippen LogP contribution in [0.2, 0.25) is 0 Å². The van der Waals surface area contributed by atoms with Crippen LogP contribution in [-0.2, 0) is 11.2 Å². The van der Waals surface area contributed by atoms with Crippen molar-refractivity contribution in [2.24, 2.45) is 0 Å². The number of nitrogens with one attached hydrogen (secondary N) is 2. The third-order valence-electron chi connectivity index (χ3n) is 2.62. The molecule has 0 saturated heterocycles. The second kappa shape index (κ2) is 3.80. The van der Waals surface area contributed by atoms with Gasteiger partial charge < -0.3 is 10.6 Å². The van der Waals surface area contributed by atoms with Crippen LogP contribution in [0.15, 0.2) is 24.3 Å². The predicted octanol–water partition coefficient (Wildman–Crippen LogP) is 0.619. The van der Waals surface area contributed by atoms with Gasteiger partial charge in [-0.2, -0.15) is 0 Å². The highest BCUT2D eigenvalue weighted by atomic mass is 16.2. The lowest BCUT2D eigenvalue weighted by Crippen LogP contribution is -2.40. The minimum atomic E-state index is -0.176. The maximum Gasteiger partial charge on any atom is 0.241 e. The molecule has 2 rings (SSSR count). The number of likely N-dealkylation sites (N-methyl/N-ethyl adjacent to an activating group) is 1. The summed E-state index contributed by atoms with van der Waals surface area (Å²) in [6, 6.07) is 7.92. The highest BCUT2D eigenvalue weighted by molar-refractivity contribution is 5.83. The van der Waals surface area contributed by atoms with Crippen LogP contribution in [-0.4, -0.2) is 19.5 Å². The molecule has 0 fully saturated rings. The first-order valence-electron chi connectivity index (χ1n) is 4.85. The Morgan fingerprint density at radius 1 is 1.50 bits per heavy atom. The normalized spacial score (nSPS) is 19.9. The number of amides is 1. The van der Waals surface area contributed by atoms with Crippen LogP contribution >= 0.6 is 0 Å². The minimum absolute atomic E-state index is 0.0390. The van der Waals surface area contributed by atoms with Crippen LogP contribution in [0.25, 0.3) is 0 Å². The molecule has 1 unspecified atom stereocenters. The number of hydrogen-bond acceptors (Lipinski definition) is 2. The third kappa shape index (κ3) is 1.51. The van der Waals surface area contributed by atoms with Crippen molar-refractivity contribution in [3.63, 3.8) is 0 Å². The highest BCUT2D eigenvalue weighted by Gasteiger charge is 2.24. The first-order chi connectivity index (χ1) is 6.83.